The van der Waals surface area contributed by atoms with Crippen molar-refractivity contribution < 1.29 is 4.74 Å². The molecule has 0 amide bonds. The molecule has 1 aliphatic heterocycles. The predicted octanol–water partition coefficient (Wildman–Crippen LogP) is 1.29. The highest BCUT2D eigenvalue weighted by Gasteiger charge is 2.20. The number of hydrogen-bond acceptors (Lipinski definition) is 4. The summed E-state index contributed by atoms with van der Waals surface area (Å²) in [5, 5.41) is 0.0206. The summed E-state index contributed by atoms with van der Waals surface area (Å²) in [6, 6.07) is 0.566. The van der Waals surface area contributed by atoms with E-state index in [1.54, 1.807) is 0 Å². The zero-order valence-electron chi connectivity index (χ0n) is 9.78. The number of aromatic nitrogens is 2. The quantitative estimate of drug-likeness (QED) is 0.883. The summed E-state index contributed by atoms with van der Waals surface area (Å²) in [5.74, 6) is 0.219. The molecule has 1 aromatic heterocycles. The summed E-state index contributed by atoms with van der Waals surface area (Å²) in [6.07, 6.45) is 4.67. The van der Waals surface area contributed by atoms with E-state index in [2.05, 4.69) is 21.9 Å². The maximum absolute atomic E-state index is 11.2. The second-order valence-corrected chi connectivity index (χ2v) is 4.64. The van der Waals surface area contributed by atoms with Crippen LogP contribution in [0.5, 0.6) is 5.88 Å². The van der Waals surface area contributed by atoms with Crippen LogP contribution in [0.1, 0.15) is 19.3 Å². The monoisotopic (exact) mass is 257 g/mol. The topological polar surface area (TPSA) is 58.2 Å². The van der Waals surface area contributed by atoms with Gasteiger partial charge in [0.2, 0.25) is 5.88 Å². The second-order valence-electron chi connectivity index (χ2n) is 4.26. The molecule has 0 bridgehead atoms. The van der Waals surface area contributed by atoms with E-state index < -0.39 is 0 Å². The Morgan fingerprint density at radius 1 is 1.71 bits per heavy atom. The van der Waals surface area contributed by atoms with Gasteiger partial charge in [-0.2, -0.15) is 0 Å². The summed E-state index contributed by atoms with van der Waals surface area (Å²) in [7, 11) is 2.12. The number of ether oxygens (including phenoxy) is 1. The molecule has 2 heterocycles. The Labute approximate surface area is 105 Å². The Kier molecular flexibility index (Phi) is 4.02. The Bertz CT molecular complexity index is 435. The van der Waals surface area contributed by atoms with Gasteiger partial charge < -0.3 is 14.6 Å². The number of halogens is 1. The van der Waals surface area contributed by atoms with Crippen molar-refractivity contribution in [2.24, 2.45) is 0 Å². The molecule has 6 heteroatoms. The average Bonchev–Trinajstić information content (AvgIpc) is 2.71. The van der Waals surface area contributed by atoms with Gasteiger partial charge in [0, 0.05) is 6.04 Å². The van der Waals surface area contributed by atoms with Crippen molar-refractivity contribution in [3.8, 4) is 5.88 Å². The maximum atomic E-state index is 11.2. The lowest BCUT2D eigenvalue weighted by Gasteiger charge is -2.19. The lowest BCUT2D eigenvalue weighted by molar-refractivity contribution is 0.228. The van der Waals surface area contributed by atoms with Gasteiger partial charge in [0.05, 0.1) is 12.9 Å². The number of aromatic amines is 1. The third-order valence-electron chi connectivity index (χ3n) is 3.13. The first-order chi connectivity index (χ1) is 8.18. The van der Waals surface area contributed by atoms with Crippen molar-refractivity contribution in [1.29, 1.82) is 0 Å². The minimum absolute atomic E-state index is 0.0206. The number of nitrogens with one attached hydrogen (secondary N) is 1. The van der Waals surface area contributed by atoms with E-state index in [1.165, 1.54) is 19.2 Å². The summed E-state index contributed by atoms with van der Waals surface area (Å²) < 4.78 is 5.44. The van der Waals surface area contributed by atoms with Gasteiger partial charge in [0.25, 0.3) is 5.56 Å². The summed E-state index contributed by atoms with van der Waals surface area (Å²) >= 11 is 5.78. The molecule has 1 aliphatic rings. The lowest BCUT2D eigenvalue weighted by Crippen LogP contribution is -2.26. The van der Waals surface area contributed by atoms with Crippen LogP contribution in [0.2, 0.25) is 5.02 Å². The first-order valence-corrected chi connectivity index (χ1v) is 6.12. The van der Waals surface area contributed by atoms with Gasteiger partial charge >= 0.3 is 0 Å². The molecule has 1 N–H and O–H groups in total. The predicted molar refractivity (Wildman–Crippen MR) is 65.6 cm³/mol. The first kappa shape index (κ1) is 12.4. The highest BCUT2D eigenvalue weighted by molar-refractivity contribution is 6.31. The number of hydrogen-bond donors (Lipinski definition) is 1. The molecule has 0 spiro atoms. The molecule has 5 nitrogen and oxygen atoms in total. The fraction of sp³-hybridized carbons (Fsp3) is 0.636. The van der Waals surface area contributed by atoms with Gasteiger partial charge in [0.15, 0.2) is 5.02 Å². The van der Waals surface area contributed by atoms with Crippen LogP contribution in [0, 0.1) is 0 Å². The molecular formula is C11H16ClN3O2. The van der Waals surface area contributed by atoms with Crippen LogP contribution in [0.25, 0.3) is 0 Å². The minimum Gasteiger partial charge on any atom is -0.476 e. The third-order valence-corrected chi connectivity index (χ3v) is 3.46. The zero-order valence-corrected chi connectivity index (χ0v) is 10.5. The lowest BCUT2D eigenvalue weighted by atomic mass is 10.1. The fourth-order valence-corrected chi connectivity index (χ4v) is 2.26. The van der Waals surface area contributed by atoms with Crippen LogP contribution in [0.15, 0.2) is 11.1 Å². The molecule has 0 saturated carbocycles. The molecular weight excluding hydrogens is 242 g/mol. The molecule has 1 fully saturated rings. The Balaban J connectivity index is 1.86. The van der Waals surface area contributed by atoms with Gasteiger partial charge in [-0.3, -0.25) is 4.79 Å². The molecule has 1 saturated heterocycles. The van der Waals surface area contributed by atoms with E-state index in [0.29, 0.717) is 12.6 Å². The van der Waals surface area contributed by atoms with Crippen LogP contribution in [-0.4, -0.2) is 41.1 Å². The summed E-state index contributed by atoms with van der Waals surface area (Å²) in [4.78, 5) is 19.8. The van der Waals surface area contributed by atoms with Crippen molar-refractivity contribution >= 4 is 11.6 Å². The number of rotatable bonds is 4. The van der Waals surface area contributed by atoms with Crippen LogP contribution in [0.4, 0.5) is 0 Å². The highest BCUT2D eigenvalue weighted by atomic mass is 35.5. The normalized spacial score (nSPS) is 20.7. The SMILES string of the molecule is CN1CCCC1CCOc1nc[nH]c(=O)c1Cl. The number of H-pyrrole nitrogens is 1. The molecule has 0 aliphatic carbocycles. The molecule has 1 unspecified atom stereocenters. The highest BCUT2D eigenvalue weighted by Crippen LogP contribution is 2.19. The van der Waals surface area contributed by atoms with Crippen LogP contribution >= 0.6 is 11.6 Å². The van der Waals surface area contributed by atoms with E-state index in [1.807, 2.05) is 0 Å². The Hall–Kier alpha value is -1.07. The first-order valence-electron chi connectivity index (χ1n) is 5.74. The summed E-state index contributed by atoms with van der Waals surface area (Å²) in [6.45, 7) is 1.68. The van der Waals surface area contributed by atoms with E-state index in [-0.39, 0.29) is 16.5 Å². The Morgan fingerprint density at radius 2 is 2.53 bits per heavy atom. The molecule has 0 aromatic carbocycles. The molecule has 1 atom stereocenters. The molecule has 94 valence electrons. The van der Waals surface area contributed by atoms with E-state index in [9.17, 15) is 4.79 Å². The average molecular weight is 258 g/mol. The second kappa shape index (κ2) is 5.51. The van der Waals surface area contributed by atoms with E-state index in [0.717, 1.165) is 13.0 Å². The van der Waals surface area contributed by atoms with Crippen LogP contribution in [-0.2, 0) is 0 Å². The number of nitrogens with zero attached hydrogens (tertiary/aromatic N) is 2. The van der Waals surface area contributed by atoms with Crippen LogP contribution < -0.4 is 10.3 Å². The smallest absolute Gasteiger partial charge is 0.273 e. The Morgan fingerprint density at radius 3 is 3.24 bits per heavy atom. The van der Waals surface area contributed by atoms with Crippen molar-refractivity contribution in [2.45, 2.75) is 25.3 Å². The van der Waals surface area contributed by atoms with Gasteiger partial charge in [-0.05, 0) is 32.9 Å². The third kappa shape index (κ3) is 2.98. The standard InChI is InChI=1S/C11H16ClN3O2/c1-15-5-2-3-8(15)4-6-17-11-9(12)10(16)13-7-14-11/h7-8H,2-6H2,1H3,(H,13,14,16). The van der Waals surface area contributed by atoms with Crippen molar-refractivity contribution in [3.05, 3.63) is 21.7 Å². The van der Waals surface area contributed by atoms with E-state index >= 15 is 0 Å². The fourth-order valence-electron chi connectivity index (χ4n) is 2.10. The molecule has 17 heavy (non-hydrogen) atoms. The minimum atomic E-state index is -0.366. The largest absolute Gasteiger partial charge is 0.476 e. The molecule has 0 radical (unpaired) electrons. The van der Waals surface area contributed by atoms with Crippen molar-refractivity contribution in [3.63, 3.8) is 0 Å². The summed E-state index contributed by atoms with van der Waals surface area (Å²) in [5.41, 5.74) is -0.366. The van der Waals surface area contributed by atoms with Crippen LogP contribution in [0.3, 0.4) is 0 Å². The van der Waals surface area contributed by atoms with Gasteiger partial charge in [-0.1, -0.05) is 11.6 Å². The van der Waals surface area contributed by atoms with Crippen molar-refractivity contribution in [2.75, 3.05) is 20.2 Å². The maximum Gasteiger partial charge on any atom is 0.273 e. The zero-order chi connectivity index (χ0) is 12.3. The van der Waals surface area contributed by atoms with Gasteiger partial charge in [-0.15, -0.1) is 0 Å². The molecule has 1 aromatic rings. The van der Waals surface area contributed by atoms with Gasteiger partial charge in [0.1, 0.15) is 0 Å². The van der Waals surface area contributed by atoms with Crippen molar-refractivity contribution in [1.82, 2.24) is 14.9 Å². The van der Waals surface area contributed by atoms with Gasteiger partial charge in [-0.25, -0.2) is 4.98 Å². The molecule has 2 rings (SSSR count). The van der Waals surface area contributed by atoms with E-state index in [4.69, 9.17) is 16.3 Å². The number of likely N-dealkylation sites (tertiary alicyclic amines) is 1.